The maximum Gasteiger partial charge on any atom is 0.315 e. The minimum Gasteiger partial charge on any atom is -0.493 e. The largest absolute Gasteiger partial charge is 0.493 e. The molecule has 1 aliphatic carbocycles. The number of benzene rings is 1. The number of hydrogen-bond acceptors (Lipinski definition) is 4. The second kappa shape index (κ2) is 10.6. The molecular formula is C20H30N2O5. The van der Waals surface area contributed by atoms with Crippen LogP contribution in [0.5, 0.6) is 11.5 Å². The quantitative estimate of drug-likeness (QED) is 0.573. The molecule has 0 heterocycles. The van der Waals surface area contributed by atoms with E-state index in [0.717, 1.165) is 18.4 Å². The van der Waals surface area contributed by atoms with E-state index < -0.39 is 5.97 Å². The van der Waals surface area contributed by atoms with Crippen molar-refractivity contribution in [2.75, 3.05) is 13.7 Å². The first-order chi connectivity index (χ1) is 13.0. The molecule has 0 spiro atoms. The minimum absolute atomic E-state index is 0.0319. The van der Waals surface area contributed by atoms with Gasteiger partial charge in [0.2, 0.25) is 0 Å². The summed E-state index contributed by atoms with van der Waals surface area (Å²) in [4.78, 5) is 23.1. The summed E-state index contributed by atoms with van der Waals surface area (Å²) in [5, 5.41) is 14.8. The number of carboxylic acids is 1. The average Bonchev–Trinajstić information content (AvgIpc) is 2.67. The molecule has 3 N–H and O–H groups in total. The van der Waals surface area contributed by atoms with Crippen LogP contribution in [0.4, 0.5) is 4.79 Å². The van der Waals surface area contributed by atoms with Gasteiger partial charge in [-0.2, -0.15) is 0 Å². The molecule has 0 aliphatic heterocycles. The van der Waals surface area contributed by atoms with Crippen molar-refractivity contribution in [3.8, 4) is 11.5 Å². The number of methoxy groups -OCH3 is 1. The third-order valence-electron chi connectivity index (χ3n) is 4.85. The smallest absolute Gasteiger partial charge is 0.315 e. The van der Waals surface area contributed by atoms with Crippen molar-refractivity contribution in [2.45, 2.75) is 58.0 Å². The van der Waals surface area contributed by atoms with Gasteiger partial charge in [-0.25, -0.2) is 4.79 Å². The highest BCUT2D eigenvalue weighted by atomic mass is 16.5. The summed E-state index contributed by atoms with van der Waals surface area (Å²) in [6.07, 6.45) is 4.66. The van der Waals surface area contributed by atoms with Gasteiger partial charge in [0.05, 0.1) is 19.6 Å². The van der Waals surface area contributed by atoms with Crippen LogP contribution < -0.4 is 20.1 Å². The number of aliphatic carboxylic acids is 1. The summed E-state index contributed by atoms with van der Waals surface area (Å²) in [7, 11) is 1.60. The second-order valence-electron chi connectivity index (χ2n) is 6.90. The van der Waals surface area contributed by atoms with Crippen molar-refractivity contribution in [2.24, 2.45) is 5.92 Å². The molecule has 1 aliphatic rings. The van der Waals surface area contributed by atoms with Gasteiger partial charge in [-0.15, -0.1) is 0 Å². The predicted octanol–water partition coefficient (Wildman–Crippen LogP) is 3.32. The summed E-state index contributed by atoms with van der Waals surface area (Å²) in [6.45, 7) is 3.14. The van der Waals surface area contributed by atoms with Gasteiger partial charge in [-0.3, -0.25) is 4.79 Å². The number of rotatable bonds is 9. The molecule has 2 rings (SSSR count). The van der Waals surface area contributed by atoms with Gasteiger partial charge in [0.25, 0.3) is 0 Å². The van der Waals surface area contributed by atoms with Crippen LogP contribution in [0.3, 0.4) is 0 Å². The van der Waals surface area contributed by atoms with Crippen LogP contribution in [-0.2, 0) is 11.3 Å². The SMILES string of the molecule is CCCCOc1ccc(CNC(=O)NC2CCC(C(=O)O)CC2)cc1OC. The monoisotopic (exact) mass is 378 g/mol. The second-order valence-corrected chi connectivity index (χ2v) is 6.90. The molecule has 0 atom stereocenters. The van der Waals surface area contributed by atoms with E-state index >= 15 is 0 Å². The summed E-state index contributed by atoms with van der Waals surface area (Å²) < 4.78 is 11.1. The van der Waals surface area contributed by atoms with E-state index in [0.29, 0.717) is 50.3 Å². The van der Waals surface area contributed by atoms with Crippen LogP contribution in [0.2, 0.25) is 0 Å². The maximum atomic E-state index is 12.1. The number of carboxylic acid groups (broad SMARTS) is 1. The molecule has 0 radical (unpaired) electrons. The number of urea groups is 1. The minimum atomic E-state index is -0.742. The molecule has 2 amide bonds. The number of unbranched alkanes of at least 4 members (excludes halogenated alkanes) is 1. The summed E-state index contributed by atoms with van der Waals surface area (Å²) >= 11 is 0. The predicted molar refractivity (Wildman–Crippen MR) is 102 cm³/mol. The summed E-state index contributed by atoms with van der Waals surface area (Å²) in [6, 6.07) is 5.42. The lowest BCUT2D eigenvalue weighted by molar-refractivity contribution is -0.142. The third kappa shape index (κ3) is 6.66. The van der Waals surface area contributed by atoms with Crippen LogP contribution >= 0.6 is 0 Å². The van der Waals surface area contributed by atoms with Crippen molar-refractivity contribution in [3.05, 3.63) is 23.8 Å². The lowest BCUT2D eigenvalue weighted by atomic mass is 9.86. The number of hydrogen-bond donors (Lipinski definition) is 3. The Balaban J connectivity index is 1.78. The Morgan fingerprint density at radius 3 is 2.56 bits per heavy atom. The van der Waals surface area contributed by atoms with Crippen LogP contribution in [0.15, 0.2) is 18.2 Å². The van der Waals surface area contributed by atoms with Crippen molar-refractivity contribution < 1.29 is 24.2 Å². The Kier molecular flexibility index (Phi) is 8.23. The zero-order valence-electron chi connectivity index (χ0n) is 16.1. The Morgan fingerprint density at radius 1 is 1.19 bits per heavy atom. The van der Waals surface area contributed by atoms with Gasteiger partial charge in [0, 0.05) is 12.6 Å². The Labute approximate surface area is 160 Å². The van der Waals surface area contributed by atoms with Gasteiger partial charge < -0.3 is 25.2 Å². The molecule has 7 nitrogen and oxygen atoms in total. The molecule has 7 heteroatoms. The van der Waals surface area contributed by atoms with E-state index in [1.54, 1.807) is 7.11 Å². The molecule has 1 fully saturated rings. The van der Waals surface area contributed by atoms with Gasteiger partial charge >= 0.3 is 12.0 Å². The van der Waals surface area contributed by atoms with Gasteiger partial charge in [-0.05, 0) is 49.8 Å². The van der Waals surface area contributed by atoms with Crippen molar-refractivity contribution >= 4 is 12.0 Å². The molecule has 1 saturated carbocycles. The van der Waals surface area contributed by atoms with E-state index in [4.69, 9.17) is 14.6 Å². The van der Waals surface area contributed by atoms with Crippen LogP contribution in [0.25, 0.3) is 0 Å². The summed E-state index contributed by atoms with van der Waals surface area (Å²) in [5.41, 5.74) is 0.916. The van der Waals surface area contributed by atoms with Gasteiger partial charge in [-0.1, -0.05) is 19.4 Å². The zero-order chi connectivity index (χ0) is 19.6. The van der Waals surface area contributed by atoms with Crippen LogP contribution in [0, 0.1) is 5.92 Å². The highest BCUT2D eigenvalue weighted by Crippen LogP contribution is 2.28. The van der Waals surface area contributed by atoms with Crippen LogP contribution in [0.1, 0.15) is 51.0 Å². The van der Waals surface area contributed by atoms with Crippen molar-refractivity contribution in [3.63, 3.8) is 0 Å². The Bertz CT molecular complexity index is 627. The molecule has 1 aromatic carbocycles. The first-order valence-electron chi connectivity index (χ1n) is 9.60. The molecule has 0 bridgehead atoms. The molecule has 1 aromatic rings. The number of amides is 2. The van der Waals surface area contributed by atoms with Crippen molar-refractivity contribution in [1.29, 1.82) is 0 Å². The number of carbonyl (C=O) groups is 2. The molecule has 0 saturated heterocycles. The maximum absolute atomic E-state index is 12.1. The number of nitrogens with one attached hydrogen (secondary N) is 2. The standard InChI is InChI=1S/C20H30N2O5/c1-3-4-11-27-17-10-5-14(12-18(17)26-2)13-21-20(25)22-16-8-6-15(7-9-16)19(23)24/h5,10,12,15-16H,3-4,6-9,11,13H2,1-2H3,(H,23,24)(H2,21,22,25). The summed E-state index contributed by atoms with van der Waals surface area (Å²) in [5.74, 6) is 0.331. The fourth-order valence-electron chi connectivity index (χ4n) is 3.17. The molecule has 150 valence electrons. The Morgan fingerprint density at radius 2 is 1.93 bits per heavy atom. The lowest BCUT2D eigenvalue weighted by Gasteiger charge is -2.26. The van der Waals surface area contributed by atoms with E-state index in [2.05, 4.69) is 17.6 Å². The normalized spacial score (nSPS) is 19.2. The topological polar surface area (TPSA) is 96.9 Å². The van der Waals surface area contributed by atoms with E-state index in [-0.39, 0.29) is 18.0 Å². The fraction of sp³-hybridized carbons (Fsp3) is 0.600. The average molecular weight is 378 g/mol. The number of carbonyl (C=O) groups excluding carboxylic acids is 1. The number of ether oxygens (including phenoxy) is 2. The van der Waals surface area contributed by atoms with Crippen LogP contribution in [-0.4, -0.2) is 36.9 Å². The molecule has 0 aromatic heterocycles. The van der Waals surface area contributed by atoms with E-state index in [1.165, 1.54) is 0 Å². The zero-order valence-corrected chi connectivity index (χ0v) is 16.1. The van der Waals surface area contributed by atoms with E-state index in [1.807, 2.05) is 18.2 Å². The molecular weight excluding hydrogens is 348 g/mol. The highest BCUT2D eigenvalue weighted by molar-refractivity contribution is 5.74. The molecule has 0 unspecified atom stereocenters. The first-order valence-corrected chi connectivity index (χ1v) is 9.60. The molecule has 27 heavy (non-hydrogen) atoms. The Hall–Kier alpha value is -2.44. The van der Waals surface area contributed by atoms with Gasteiger partial charge in [0.15, 0.2) is 11.5 Å². The third-order valence-corrected chi connectivity index (χ3v) is 4.85. The van der Waals surface area contributed by atoms with Crippen molar-refractivity contribution in [1.82, 2.24) is 10.6 Å². The van der Waals surface area contributed by atoms with E-state index in [9.17, 15) is 9.59 Å². The first kappa shape index (κ1) is 20.9. The van der Waals surface area contributed by atoms with Gasteiger partial charge in [0.1, 0.15) is 0 Å². The fourth-order valence-corrected chi connectivity index (χ4v) is 3.17. The lowest BCUT2D eigenvalue weighted by Crippen LogP contribution is -2.43. The highest BCUT2D eigenvalue weighted by Gasteiger charge is 2.26.